The van der Waals surface area contributed by atoms with Crippen LogP contribution in [0.3, 0.4) is 0 Å². The maximum Gasteiger partial charge on any atom is 0.253 e. The molecule has 0 aromatic heterocycles. The van der Waals surface area contributed by atoms with Crippen molar-refractivity contribution >= 4 is 5.91 Å². The summed E-state index contributed by atoms with van der Waals surface area (Å²) in [5.74, 6) is 0.822. The molecule has 0 radical (unpaired) electrons. The molecule has 0 spiro atoms. The molecule has 168 valence electrons. The number of likely N-dealkylation sites (tertiary alicyclic amines) is 2. The largest absolute Gasteiger partial charge is 0.376 e. The number of ether oxygens (including phenoxy) is 1. The molecule has 0 bridgehead atoms. The van der Waals surface area contributed by atoms with Gasteiger partial charge < -0.3 is 9.64 Å². The van der Waals surface area contributed by atoms with E-state index in [0.29, 0.717) is 12.0 Å². The first kappa shape index (κ1) is 23.3. The molecule has 1 aromatic rings. The molecule has 2 heterocycles. The van der Waals surface area contributed by atoms with Crippen LogP contribution in [-0.2, 0) is 10.2 Å². The highest BCUT2D eigenvalue weighted by molar-refractivity contribution is 5.94. The molecule has 1 unspecified atom stereocenters. The molecule has 2 fully saturated rings. The molecule has 2 aliphatic rings. The second-order valence-corrected chi connectivity index (χ2v) is 11.3. The zero-order valence-electron chi connectivity index (χ0n) is 20.0. The predicted octanol–water partition coefficient (Wildman–Crippen LogP) is 5.12. The number of rotatable bonds is 4. The van der Waals surface area contributed by atoms with Crippen LogP contribution in [0.1, 0.15) is 83.1 Å². The van der Waals surface area contributed by atoms with E-state index in [1.807, 2.05) is 17.0 Å². The van der Waals surface area contributed by atoms with E-state index in [2.05, 4.69) is 58.6 Å². The van der Waals surface area contributed by atoms with Crippen LogP contribution in [0.25, 0.3) is 0 Å². The summed E-state index contributed by atoms with van der Waals surface area (Å²) < 4.78 is 6.05. The number of benzene rings is 1. The van der Waals surface area contributed by atoms with Crippen molar-refractivity contribution in [2.75, 3.05) is 32.8 Å². The number of nitrogens with zero attached hydrogens (tertiary/aromatic N) is 2. The molecule has 2 aliphatic heterocycles. The van der Waals surface area contributed by atoms with Crippen LogP contribution in [0.15, 0.2) is 24.3 Å². The van der Waals surface area contributed by atoms with Crippen LogP contribution in [-0.4, -0.2) is 60.1 Å². The first-order valence-electron chi connectivity index (χ1n) is 11.8. The van der Waals surface area contributed by atoms with Gasteiger partial charge in [-0.3, -0.25) is 9.69 Å². The zero-order valence-corrected chi connectivity index (χ0v) is 20.0. The highest BCUT2D eigenvalue weighted by Gasteiger charge is 2.31. The summed E-state index contributed by atoms with van der Waals surface area (Å²) in [5.41, 5.74) is 2.15. The van der Waals surface area contributed by atoms with Crippen molar-refractivity contribution in [1.82, 2.24) is 9.80 Å². The minimum absolute atomic E-state index is 0.0565. The summed E-state index contributed by atoms with van der Waals surface area (Å²) in [6, 6.07) is 8.81. The lowest BCUT2D eigenvalue weighted by Crippen LogP contribution is -2.50. The molecule has 1 amide bonds. The highest BCUT2D eigenvalue weighted by Crippen LogP contribution is 2.26. The number of hydrogen-bond donors (Lipinski definition) is 0. The van der Waals surface area contributed by atoms with Crippen LogP contribution in [0.5, 0.6) is 0 Å². The second-order valence-electron chi connectivity index (χ2n) is 11.3. The molecule has 0 N–H and O–H groups in total. The van der Waals surface area contributed by atoms with Gasteiger partial charge in [-0.15, -0.1) is 0 Å². The molecule has 1 aromatic carbocycles. The molecular weight excluding hydrogens is 372 g/mol. The molecule has 0 aliphatic carbocycles. The predicted molar refractivity (Wildman–Crippen MR) is 124 cm³/mol. The number of carbonyl (C=O) groups is 1. The van der Waals surface area contributed by atoms with Gasteiger partial charge in [0.15, 0.2) is 0 Å². The third-order valence-electron chi connectivity index (χ3n) is 6.57. The van der Waals surface area contributed by atoms with E-state index in [1.165, 1.54) is 24.9 Å². The maximum absolute atomic E-state index is 13.0. The third kappa shape index (κ3) is 6.31. The van der Waals surface area contributed by atoms with Crippen LogP contribution < -0.4 is 0 Å². The van der Waals surface area contributed by atoms with E-state index in [1.54, 1.807) is 0 Å². The summed E-state index contributed by atoms with van der Waals surface area (Å²) in [4.78, 5) is 17.7. The summed E-state index contributed by atoms with van der Waals surface area (Å²) in [5, 5.41) is 0. The van der Waals surface area contributed by atoms with E-state index < -0.39 is 0 Å². The van der Waals surface area contributed by atoms with Gasteiger partial charge in [0.1, 0.15) is 0 Å². The number of carbonyl (C=O) groups excluding carboxylic acids is 1. The summed E-state index contributed by atoms with van der Waals surface area (Å²) in [6.45, 7) is 17.9. The Morgan fingerprint density at radius 3 is 2.17 bits per heavy atom. The molecule has 3 rings (SSSR count). The Labute approximate surface area is 184 Å². The fourth-order valence-electron chi connectivity index (χ4n) is 4.66. The molecule has 2 saturated heterocycles. The average molecular weight is 415 g/mol. The lowest BCUT2D eigenvalue weighted by atomic mass is 9.86. The van der Waals surface area contributed by atoms with Crippen LogP contribution in [0.4, 0.5) is 0 Å². The maximum atomic E-state index is 13.0. The van der Waals surface area contributed by atoms with Crippen molar-refractivity contribution in [3.63, 3.8) is 0 Å². The molecule has 4 nitrogen and oxygen atoms in total. The SMILES string of the molecule is CC(C)(C)OCC1CCCN(C2CCN(C(=O)c3ccc(C(C)(C)C)cc3)CC2)C1. The quantitative estimate of drug-likeness (QED) is 0.686. The van der Waals surface area contributed by atoms with Crippen molar-refractivity contribution in [3.8, 4) is 0 Å². The topological polar surface area (TPSA) is 32.8 Å². The summed E-state index contributed by atoms with van der Waals surface area (Å²) in [6.07, 6.45) is 4.70. The minimum atomic E-state index is -0.0565. The van der Waals surface area contributed by atoms with E-state index in [-0.39, 0.29) is 16.9 Å². The fraction of sp³-hybridized carbons (Fsp3) is 0.731. The fourth-order valence-corrected chi connectivity index (χ4v) is 4.66. The van der Waals surface area contributed by atoms with Gasteiger partial charge in [-0.25, -0.2) is 0 Å². The molecule has 0 saturated carbocycles. The highest BCUT2D eigenvalue weighted by atomic mass is 16.5. The van der Waals surface area contributed by atoms with Crippen molar-refractivity contribution in [2.24, 2.45) is 5.92 Å². The smallest absolute Gasteiger partial charge is 0.253 e. The monoisotopic (exact) mass is 414 g/mol. The van der Waals surface area contributed by atoms with Gasteiger partial charge in [0.25, 0.3) is 5.91 Å². The van der Waals surface area contributed by atoms with Gasteiger partial charge in [-0.05, 0) is 82.0 Å². The van der Waals surface area contributed by atoms with Crippen molar-refractivity contribution in [1.29, 1.82) is 0 Å². The second kappa shape index (κ2) is 9.40. The summed E-state index contributed by atoms with van der Waals surface area (Å²) >= 11 is 0. The van der Waals surface area contributed by atoms with Crippen molar-refractivity contribution < 1.29 is 9.53 Å². The molecule has 1 atom stereocenters. The molecule has 30 heavy (non-hydrogen) atoms. The normalized spacial score (nSPS) is 22.3. The Morgan fingerprint density at radius 2 is 1.60 bits per heavy atom. The van der Waals surface area contributed by atoms with Gasteiger partial charge in [0, 0.05) is 31.2 Å². The third-order valence-corrected chi connectivity index (χ3v) is 6.57. The zero-order chi connectivity index (χ0) is 21.9. The van der Waals surface area contributed by atoms with E-state index in [9.17, 15) is 4.79 Å². The van der Waals surface area contributed by atoms with Gasteiger partial charge in [0.05, 0.1) is 12.2 Å². The number of piperidine rings is 2. The Kier molecular flexibility index (Phi) is 7.29. The van der Waals surface area contributed by atoms with Crippen molar-refractivity contribution in [2.45, 2.75) is 84.3 Å². The van der Waals surface area contributed by atoms with Crippen LogP contribution >= 0.6 is 0 Å². The summed E-state index contributed by atoms with van der Waals surface area (Å²) in [7, 11) is 0. The van der Waals surface area contributed by atoms with E-state index in [0.717, 1.165) is 44.6 Å². The average Bonchev–Trinajstić information content (AvgIpc) is 2.71. The standard InChI is InChI=1S/C26H42N2O2/c1-25(2,3)22-11-9-21(10-12-22)24(29)27-16-13-23(14-17-27)28-15-7-8-20(18-28)19-30-26(4,5)6/h9-12,20,23H,7-8,13-19H2,1-6H3. The first-order valence-corrected chi connectivity index (χ1v) is 11.8. The Hall–Kier alpha value is -1.39. The van der Waals surface area contributed by atoms with Crippen LogP contribution in [0.2, 0.25) is 0 Å². The molecule has 4 heteroatoms. The van der Waals surface area contributed by atoms with Crippen LogP contribution in [0, 0.1) is 5.92 Å². The minimum Gasteiger partial charge on any atom is -0.376 e. The van der Waals surface area contributed by atoms with E-state index >= 15 is 0 Å². The van der Waals surface area contributed by atoms with Gasteiger partial charge in [-0.2, -0.15) is 0 Å². The molecular formula is C26H42N2O2. The number of hydrogen-bond acceptors (Lipinski definition) is 3. The lowest BCUT2D eigenvalue weighted by molar-refractivity contribution is -0.0404. The first-order chi connectivity index (χ1) is 14.0. The van der Waals surface area contributed by atoms with Gasteiger partial charge >= 0.3 is 0 Å². The Balaban J connectivity index is 1.50. The van der Waals surface area contributed by atoms with E-state index in [4.69, 9.17) is 4.74 Å². The Morgan fingerprint density at radius 1 is 0.967 bits per heavy atom. The van der Waals surface area contributed by atoms with Crippen molar-refractivity contribution in [3.05, 3.63) is 35.4 Å². The van der Waals surface area contributed by atoms with Gasteiger partial charge in [-0.1, -0.05) is 32.9 Å². The lowest BCUT2D eigenvalue weighted by Gasteiger charge is -2.42. The Bertz CT molecular complexity index is 691. The van der Waals surface area contributed by atoms with Gasteiger partial charge in [0.2, 0.25) is 0 Å². The number of amides is 1.